The molecule has 1 aromatic rings. The fourth-order valence-corrected chi connectivity index (χ4v) is 1.26. The standard InChI is InChI=1S/C8H6BrNO3/c9-7-2-1-5(10-4-11)3-6(7)8(12)13/h1-4H,(H,10,11)(H,12,13). The molecular weight excluding hydrogens is 238 g/mol. The molecule has 0 aliphatic carbocycles. The van der Waals surface area contributed by atoms with Crippen molar-refractivity contribution < 1.29 is 14.7 Å². The van der Waals surface area contributed by atoms with Gasteiger partial charge in [0.25, 0.3) is 0 Å². The molecule has 68 valence electrons. The molecule has 5 heteroatoms. The minimum Gasteiger partial charge on any atom is -0.478 e. The van der Waals surface area contributed by atoms with Crippen LogP contribution in [0.15, 0.2) is 22.7 Å². The van der Waals surface area contributed by atoms with Gasteiger partial charge in [-0.2, -0.15) is 0 Å². The largest absolute Gasteiger partial charge is 0.478 e. The molecule has 0 aliphatic heterocycles. The predicted octanol–water partition coefficient (Wildman–Crippen LogP) is 1.72. The number of carboxylic acid groups (broad SMARTS) is 1. The topological polar surface area (TPSA) is 66.4 Å². The molecule has 0 bridgehead atoms. The Morgan fingerprint density at radius 1 is 1.54 bits per heavy atom. The van der Waals surface area contributed by atoms with Crippen LogP contribution in [0.5, 0.6) is 0 Å². The zero-order chi connectivity index (χ0) is 9.84. The molecule has 0 saturated heterocycles. The van der Waals surface area contributed by atoms with Crippen LogP contribution >= 0.6 is 15.9 Å². The molecule has 0 heterocycles. The quantitative estimate of drug-likeness (QED) is 0.795. The smallest absolute Gasteiger partial charge is 0.336 e. The second kappa shape index (κ2) is 4.04. The fourth-order valence-electron chi connectivity index (χ4n) is 0.847. The average Bonchev–Trinajstić information content (AvgIpc) is 2.08. The van der Waals surface area contributed by atoms with Gasteiger partial charge in [0.1, 0.15) is 0 Å². The first-order chi connectivity index (χ1) is 6.15. The van der Waals surface area contributed by atoms with Gasteiger partial charge in [0.05, 0.1) is 5.56 Å². The van der Waals surface area contributed by atoms with E-state index in [4.69, 9.17) is 5.11 Å². The van der Waals surface area contributed by atoms with Crippen molar-refractivity contribution in [2.75, 3.05) is 5.32 Å². The van der Waals surface area contributed by atoms with Crippen molar-refractivity contribution in [2.45, 2.75) is 0 Å². The van der Waals surface area contributed by atoms with Gasteiger partial charge in [-0.15, -0.1) is 0 Å². The van der Waals surface area contributed by atoms with Gasteiger partial charge in [-0.1, -0.05) is 0 Å². The molecule has 13 heavy (non-hydrogen) atoms. The summed E-state index contributed by atoms with van der Waals surface area (Å²) in [5, 5.41) is 11.1. The van der Waals surface area contributed by atoms with Crippen molar-refractivity contribution in [3.63, 3.8) is 0 Å². The summed E-state index contributed by atoms with van der Waals surface area (Å²) in [4.78, 5) is 20.7. The second-order valence-corrected chi connectivity index (χ2v) is 3.12. The highest BCUT2D eigenvalue weighted by atomic mass is 79.9. The molecule has 0 unspecified atom stereocenters. The van der Waals surface area contributed by atoms with Crippen LogP contribution in [-0.4, -0.2) is 17.5 Å². The summed E-state index contributed by atoms with van der Waals surface area (Å²) in [6, 6.07) is 4.54. The summed E-state index contributed by atoms with van der Waals surface area (Å²) < 4.78 is 0.483. The molecule has 0 spiro atoms. The van der Waals surface area contributed by atoms with E-state index in [1.165, 1.54) is 6.07 Å². The summed E-state index contributed by atoms with van der Waals surface area (Å²) >= 11 is 3.09. The van der Waals surface area contributed by atoms with Gasteiger partial charge in [0.15, 0.2) is 0 Å². The third-order valence-corrected chi connectivity index (χ3v) is 2.11. The zero-order valence-electron chi connectivity index (χ0n) is 6.45. The Bertz CT molecular complexity index is 351. The average molecular weight is 244 g/mol. The number of halogens is 1. The lowest BCUT2D eigenvalue weighted by atomic mass is 10.2. The Kier molecular flexibility index (Phi) is 3.02. The first-order valence-electron chi connectivity index (χ1n) is 3.38. The molecule has 0 atom stereocenters. The maximum absolute atomic E-state index is 10.6. The van der Waals surface area contributed by atoms with Crippen LogP contribution in [0.1, 0.15) is 10.4 Å². The number of rotatable bonds is 3. The number of carbonyl (C=O) groups excluding carboxylic acids is 1. The van der Waals surface area contributed by atoms with E-state index in [1.54, 1.807) is 12.1 Å². The Morgan fingerprint density at radius 2 is 2.23 bits per heavy atom. The van der Waals surface area contributed by atoms with E-state index in [2.05, 4.69) is 21.2 Å². The monoisotopic (exact) mass is 243 g/mol. The molecule has 1 aromatic carbocycles. The summed E-state index contributed by atoms with van der Waals surface area (Å²) in [6.07, 6.45) is 0.495. The lowest BCUT2D eigenvalue weighted by Gasteiger charge is -2.02. The highest BCUT2D eigenvalue weighted by molar-refractivity contribution is 9.10. The lowest BCUT2D eigenvalue weighted by molar-refractivity contribution is -0.105. The normalized spacial score (nSPS) is 9.31. The fraction of sp³-hybridized carbons (Fsp3) is 0. The Hall–Kier alpha value is -1.36. The molecule has 2 N–H and O–H groups in total. The number of hydrogen-bond donors (Lipinski definition) is 2. The van der Waals surface area contributed by atoms with Gasteiger partial charge in [-0.25, -0.2) is 4.79 Å². The maximum Gasteiger partial charge on any atom is 0.336 e. The van der Waals surface area contributed by atoms with Crippen LogP contribution in [0.2, 0.25) is 0 Å². The number of anilines is 1. The maximum atomic E-state index is 10.6. The molecule has 1 rings (SSSR count). The SMILES string of the molecule is O=CNc1ccc(Br)c(C(=O)O)c1. The number of carbonyl (C=O) groups is 2. The van der Waals surface area contributed by atoms with Crippen LogP contribution < -0.4 is 5.32 Å². The highest BCUT2D eigenvalue weighted by Gasteiger charge is 2.08. The van der Waals surface area contributed by atoms with E-state index in [-0.39, 0.29) is 5.56 Å². The molecule has 0 aromatic heterocycles. The summed E-state index contributed by atoms with van der Waals surface area (Å²) in [6.45, 7) is 0. The van der Waals surface area contributed by atoms with E-state index in [0.717, 1.165) is 0 Å². The third kappa shape index (κ3) is 2.29. The van der Waals surface area contributed by atoms with Gasteiger partial charge in [-0.05, 0) is 34.1 Å². The predicted molar refractivity (Wildman–Crippen MR) is 50.8 cm³/mol. The Balaban J connectivity index is 3.10. The van der Waals surface area contributed by atoms with E-state index in [1.807, 2.05) is 0 Å². The van der Waals surface area contributed by atoms with Crippen LogP contribution in [0.4, 0.5) is 5.69 Å². The van der Waals surface area contributed by atoms with Crippen LogP contribution in [0.3, 0.4) is 0 Å². The van der Waals surface area contributed by atoms with Crippen molar-refractivity contribution >= 4 is 34.0 Å². The molecule has 0 radical (unpaired) electrons. The van der Waals surface area contributed by atoms with Gasteiger partial charge in [0.2, 0.25) is 6.41 Å². The number of carboxylic acids is 1. The van der Waals surface area contributed by atoms with Crippen LogP contribution in [-0.2, 0) is 4.79 Å². The third-order valence-electron chi connectivity index (χ3n) is 1.42. The van der Waals surface area contributed by atoms with Gasteiger partial charge in [0, 0.05) is 10.2 Å². The van der Waals surface area contributed by atoms with Crippen molar-refractivity contribution in [3.05, 3.63) is 28.2 Å². The molecule has 4 nitrogen and oxygen atoms in total. The summed E-state index contributed by atoms with van der Waals surface area (Å²) in [7, 11) is 0. The molecular formula is C8H6BrNO3. The lowest BCUT2D eigenvalue weighted by Crippen LogP contribution is -2.00. The van der Waals surface area contributed by atoms with Crippen molar-refractivity contribution in [1.82, 2.24) is 0 Å². The first-order valence-corrected chi connectivity index (χ1v) is 4.17. The van der Waals surface area contributed by atoms with E-state index in [0.29, 0.717) is 16.6 Å². The number of amides is 1. The van der Waals surface area contributed by atoms with Gasteiger partial charge >= 0.3 is 5.97 Å². The number of hydrogen-bond acceptors (Lipinski definition) is 2. The molecule has 1 amide bonds. The first kappa shape index (κ1) is 9.73. The van der Waals surface area contributed by atoms with Crippen LogP contribution in [0, 0.1) is 0 Å². The van der Waals surface area contributed by atoms with Crippen molar-refractivity contribution in [3.8, 4) is 0 Å². The molecule has 0 saturated carbocycles. The van der Waals surface area contributed by atoms with E-state index in [9.17, 15) is 9.59 Å². The minimum absolute atomic E-state index is 0.117. The summed E-state index contributed by atoms with van der Waals surface area (Å²) in [5.41, 5.74) is 0.572. The Morgan fingerprint density at radius 3 is 2.77 bits per heavy atom. The summed E-state index contributed by atoms with van der Waals surface area (Å²) in [5.74, 6) is -1.04. The number of nitrogens with one attached hydrogen (secondary N) is 1. The highest BCUT2D eigenvalue weighted by Crippen LogP contribution is 2.20. The van der Waals surface area contributed by atoms with E-state index < -0.39 is 5.97 Å². The van der Waals surface area contributed by atoms with Gasteiger partial charge in [-0.3, -0.25) is 4.79 Å². The minimum atomic E-state index is -1.04. The molecule has 0 fully saturated rings. The van der Waals surface area contributed by atoms with E-state index >= 15 is 0 Å². The molecule has 0 aliphatic rings. The Labute approximate surface area is 82.7 Å². The number of benzene rings is 1. The van der Waals surface area contributed by atoms with Crippen LogP contribution in [0.25, 0.3) is 0 Å². The number of aromatic carboxylic acids is 1. The van der Waals surface area contributed by atoms with Crippen molar-refractivity contribution in [1.29, 1.82) is 0 Å². The zero-order valence-corrected chi connectivity index (χ0v) is 8.04. The van der Waals surface area contributed by atoms with Crippen molar-refractivity contribution in [2.24, 2.45) is 0 Å². The van der Waals surface area contributed by atoms with Gasteiger partial charge < -0.3 is 10.4 Å². The second-order valence-electron chi connectivity index (χ2n) is 2.26.